The molecule has 2 aromatic heterocycles. The molecule has 28 heavy (non-hydrogen) atoms. The van der Waals surface area contributed by atoms with Crippen LogP contribution in [0.3, 0.4) is 0 Å². The summed E-state index contributed by atoms with van der Waals surface area (Å²) in [6.45, 7) is 1.34. The molecule has 0 spiro atoms. The molecular formula is C20H24N4O3S. The molecule has 0 bridgehead atoms. The van der Waals surface area contributed by atoms with E-state index in [2.05, 4.69) is 9.88 Å². The number of carbonyl (C=O) groups excluding carboxylic acids is 1. The number of aromatic nitrogens is 2. The normalized spacial score (nSPS) is 16.5. The van der Waals surface area contributed by atoms with Gasteiger partial charge in [0.1, 0.15) is 16.1 Å². The number of hydrogen-bond acceptors (Lipinski definition) is 6. The standard InChI is InChI=1S/C20H24N4O3S/c1-23(2)20-22-16-11-17(18(25)21-12-15-5-4-10-27-15)28-19(16)24(20)13-6-8-14(26-3)9-7-13/h6-9,11,15H,4-5,10,12H2,1-3H3,(H,21,25)/t15-/m0/s1. The van der Waals surface area contributed by atoms with E-state index in [1.165, 1.54) is 11.3 Å². The lowest BCUT2D eigenvalue weighted by Gasteiger charge is -2.15. The molecule has 1 atom stereocenters. The van der Waals surface area contributed by atoms with E-state index in [4.69, 9.17) is 14.5 Å². The van der Waals surface area contributed by atoms with Gasteiger partial charge in [0.15, 0.2) is 0 Å². The number of thiophene rings is 1. The molecule has 1 fully saturated rings. The smallest absolute Gasteiger partial charge is 0.261 e. The maximum Gasteiger partial charge on any atom is 0.261 e. The molecule has 0 radical (unpaired) electrons. The summed E-state index contributed by atoms with van der Waals surface area (Å²) in [6.07, 6.45) is 2.19. The summed E-state index contributed by atoms with van der Waals surface area (Å²) in [5.41, 5.74) is 1.78. The first-order valence-electron chi connectivity index (χ1n) is 9.30. The molecule has 3 heterocycles. The van der Waals surface area contributed by atoms with Gasteiger partial charge in [0.2, 0.25) is 5.95 Å². The average molecular weight is 401 g/mol. The van der Waals surface area contributed by atoms with E-state index >= 15 is 0 Å². The van der Waals surface area contributed by atoms with Crippen molar-refractivity contribution < 1.29 is 14.3 Å². The maximum absolute atomic E-state index is 12.6. The second kappa shape index (κ2) is 7.81. The van der Waals surface area contributed by atoms with Gasteiger partial charge in [-0.15, -0.1) is 11.3 Å². The van der Waals surface area contributed by atoms with Crippen LogP contribution in [0, 0.1) is 0 Å². The number of ether oxygens (including phenoxy) is 2. The fraction of sp³-hybridized carbons (Fsp3) is 0.400. The third-order valence-corrected chi connectivity index (χ3v) is 5.89. The number of amides is 1. The summed E-state index contributed by atoms with van der Waals surface area (Å²) in [4.78, 5) is 20.9. The molecule has 4 rings (SSSR count). The molecule has 1 N–H and O–H groups in total. The van der Waals surface area contributed by atoms with Crippen molar-refractivity contribution in [1.29, 1.82) is 0 Å². The Morgan fingerprint density at radius 2 is 2.18 bits per heavy atom. The highest BCUT2D eigenvalue weighted by molar-refractivity contribution is 7.20. The summed E-state index contributed by atoms with van der Waals surface area (Å²) in [6, 6.07) is 9.68. The number of benzene rings is 1. The molecule has 1 aromatic carbocycles. The molecule has 1 saturated heterocycles. The number of anilines is 1. The second-order valence-electron chi connectivity index (χ2n) is 6.99. The van der Waals surface area contributed by atoms with Crippen LogP contribution in [0.4, 0.5) is 5.95 Å². The fourth-order valence-electron chi connectivity index (χ4n) is 3.34. The molecular weight excluding hydrogens is 376 g/mol. The van der Waals surface area contributed by atoms with Gasteiger partial charge in [0.05, 0.1) is 23.8 Å². The number of hydrogen-bond donors (Lipinski definition) is 1. The van der Waals surface area contributed by atoms with E-state index in [1.54, 1.807) is 7.11 Å². The number of rotatable bonds is 6. The van der Waals surface area contributed by atoms with Crippen LogP contribution in [0.5, 0.6) is 5.75 Å². The molecule has 0 saturated carbocycles. The fourth-order valence-corrected chi connectivity index (χ4v) is 4.37. The van der Waals surface area contributed by atoms with Gasteiger partial charge in [-0.05, 0) is 43.2 Å². The van der Waals surface area contributed by atoms with Gasteiger partial charge in [0, 0.05) is 27.2 Å². The van der Waals surface area contributed by atoms with Crippen LogP contribution < -0.4 is 15.0 Å². The molecule has 1 aliphatic heterocycles. The van der Waals surface area contributed by atoms with Crippen LogP contribution in [0.25, 0.3) is 16.0 Å². The van der Waals surface area contributed by atoms with Crippen LogP contribution >= 0.6 is 11.3 Å². The first-order chi connectivity index (χ1) is 13.6. The maximum atomic E-state index is 12.6. The monoisotopic (exact) mass is 400 g/mol. The van der Waals surface area contributed by atoms with Crippen molar-refractivity contribution in [3.05, 3.63) is 35.2 Å². The minimum Gasteiger partial charge on any atom is -0.497 e. The van der Waals surface area contributed by atoms with E-state index in [9.17, 15) is 4.79 Å². The zero-order chi connectivity index (χ0) is 19.7. The SMILES string of the molecule is COc1ccc(-n2c(N(C)C)nc3cc(C(=O)NC[C@@H]4CCCO4)sc32)cc1. The Morgan fingerprint density at radius 3 is 2.82 bits per heavy atom. The minimum atomic E-state index is -0.0776. The van der Waals surface area contributed by atoms with Crippen molar-refractivity contribution in [2.75, 3.05) is 39.3 Å². The molecule has 148 valence electrons. The number of nitrogens with one attached hydrogen (secondary N) is 1. The quantitative estimate of drug-likeness (QED) is 0.689. The summed E-state index contributed by atoms with van der Waals surface area (Å²) < 4.78 is 12.9. The summed E-state index contributed by atoms with van der Waals surface area (Å²) in [5, 5.41) is 2.99. The zero-order valence-electron chi connectivity index (χ0n) is 16.3. The molecule has 1 aliphatic rings. The summed E-state index contributed by atoms with van der Waals surface area (Å²) in [7, 11) is 5.57. The molecule has 0 unspecified atom stereocenters. The van der Waals surface area contributed by atoms with Crippen LogP contribution in [0.15, 0.2) is 30.3 Å². The Balaban J connectivity index is 1.65. The Labute approximate surface area is 167 Å². The number of imidazole rings is 1. The van der Waals surface area contributed by atoms with E-state index in [0.717, 1.165) is 47.2 Å². The topological polar surface area (TPSA) is 68.6 Å². The predicted molar refractivity (Wildman–Crippen MR) is 111 cm³/mol. The first kappa shape index (κ1) is 18.8. The lowest BCUT2D eigenvalue weighted by atomic mass is 10.2. The van der Waals surface area contributed by atoms with Gasteiger partial charge < -0.3 is 19.7 Å². The lowest BCUT2D eigenvalue weighted by molar-refractivity contribution is 0.0861. The molecule has 0 aliphatic carbocycles. The van der Waals surface area contributed by atoms with Crippen molar-refractivity contribution in [3.8, 4) is 11.4 Å². The number of fused-ring (bicyclic) bond motifs is 1. The highest BCUT2D eigenvalue weighted by atomic mass is 32.1. The van der Waals surface area contributed by atoms with Gasteiger partial charge in [-0.1, -0.05) is 0 Å². The van der Waals surface area contributed by atoms with Crippen molar-refractivity contribution in [2.45, 2.75) is 18.9 Å². The zero-order valence-corrected chi connectivity index (χ0v) is 17.1. The van der Waals surface area contributed by atoms with Crippen molar-refractivity contribution in [2.24, 2.45) is 0 Å². The van der Waals surface area contributed by atoms with E-state index in [1.807, 2.05) is 49.3 Å². The third kappa shape index (κ3) is 3.57. The van der Waals surface area contributed by atoms with Gasteiger partial charge >= 0.3 is 0 Å². The Bertz CT molecular complexity index is 971. The summed E-state index contributed by atoms with van der Waals surface area (Å²) >= 11 is 1.45. The van der Waals surface area contributed by atoms with E-state index in [-0.39, 0.29) is 12.0 Å². The summed E-state index contributed by atoms with van der Waals surface area (Å²) in [5.74, 6) is 1.54. The average Bonchev–Trinajstić information content (AvgIpc) is 3.41. The predicted octanol–water partition coefficient (Wildman–Crippen LogP) is 3.07. The number of nitrogens with zero attached hydrogens (tertiary/aromatic N) is 3. The highest BCUT2D eigenvalue weighted by Gasteiger charge is 2.21. The molecule has 7 nitrogen and oxygen atoms in total. The first-order valence-corrected chi connectivity index (χ1v) is 10.1. The van der Waals surface area contributed by atoms with Crippen LogP contribution in [-0.4, -0.2) is 55.9 Å². The van der Waals surface area contributed by atoms with Gasteiger partial charge in [0.25, 0.3) is 5.91 Å². The second-order valence-corrected chi connectivity index (χ2v) is 8.02. The molecule has 8 heteroatoms. The minimum absolute atomic E-state index is 0.0776. The highest BCUT2D eigenvalue weighted by Crippen LogP contribution is 2.33. The van der Waals surface area contributed by atoms with Crippen molar-refractivity contribution >= 4 is 33.5 Å². The Kier molecular flexibility index (Phi) is 5.23. The number of methoxy groups -OCH3 is 1. The van der Waals surface area contributed by atoms with E-state index in [0.29, 0.717) is 11.4 Å². The largest absolute Gasteiger partial charge is 0.497 e. The third-order valence-electron chi connectivity index (χ3n) is 4.79. The van der Waals surface area contributed by atoms with Gasteiger partial charge in [-0.2, -0.15) is 0 Å². The number of carbonyl (C=O) groups is 1. The van der Waals surface area contributed by atoms with E-state index < -0.39 is 0 Å². The Hall–Kier alpha value is -2.58. The molecule has 3 aromatic rings. The van der Waals surface area contributed by atoms with Crippen molar-refractivity contribution in [1.82, 2.24) is 14.9 Å². The Morgan fingerprint density at radius 1 is 1.39 bits per heavy atom. The van der Waals surface area contributed by atoms with Crippen LogP contribution in [0.1, 0.15) is 22.5 Å². The van der Waals surface area contributed by atoms with Gasteiger partial charge in [-0.25, -0.2) is 4.98 Å². The van der Waals surface area contributed by atoms with Crippen molar-refractivity contribution in [3.63, 3.8) is 0 Å². The lowest BCUT2D eigenvalue weighted by Crippen LogP contribution is -2.31. The van der Waals surface area contributed by atoms with Gasteiger partial charge in [-0.3, -0.25) is 9.36 Å². The van der Waals surface area contributed by atoms with Crippen LogP contribution in [0.2, 0.25) is 0 Å². The molecule has 1 amide bonds. The van der Waals surface area contributed by atoms with Crippen LogP contribution in [-0.2, 0) is 4.74 Å².